The molecule has 1 heterocycles. The van der Waals surface area contributed by atoms with Crippen molar-refractivity contribution in [3.63, 3.8) is 0 Å². The van der Waals surface area contributed by atoms with E-state index in [4.69, 9.17) is 11.6 Å². The molecule has 5 heteroatoms. The van der Waals surface area contributed by atoms with Crippen molar-refractivity contribution >= 4 is 27.5 Å². The molecule has 0 bridgehead atoms. The van der Waals surface area contributed by atoms with Crippen LogP contribution in [0.2, 0.25) is 5.02 Å². The van der Waals surface area contributed by atoms with Crippen LogP contribution in [0.15, 0.2) is 18.2 Å². The van der Waals surface area contributed by atoms with Gasteiger partial charge >= 0.3 is 0 Å². The van der Waals surface area contributed by atoms with Gasteiger partial charge in [-0.25, -0.2) is 4.39 Å². The highest BCUT2D eigenvalue weighted by Crippen LogP contribution is 2.17. The van der Waals surface area contributed by atoms with E-state index in [1.165, 1.54) is 6.07 Å². The first-order valence-corrected chi connectivity index (χ1v) is 7.63. The van der Waals surface area contributed by atoms with Crippen molar-refractivity contribution in [3.8, 4) is 0 Å². The second-order valence-electron chi connectivity index (χ2n) is 4.56. The van der Waals surface area contributed by atoms with Gasteiger partial charge in [0.2, 0.25) is 0 Å². The summed E-state index contributed by atoms with van der Waals surface area (Å²) in [5, 5.41) is 1.22. The zero-order valence-electron chi connectivity index (χ0n) is 10.2. The van der Waals surface area contributed by atoms with Gasteiger partial charge in [-0.3, -0.25) is 9.80 Å². The van der Waals surface area contributed by atoms with E-state index in [9.17, 15) is 4.39 Å². The molecule has 0 aromatic heterocycles. The monoisotopic (exact) mass is 334 g/mol. The molecule has 1 aliphatic heterocycles. The molecule has 0 saturated carbocycles. The predicted octanol–water partition coefficient (Wildman–Crippen LogP) is 2.99. The van der Waals surface area contributed by atoms with E-state index in [1.54, 1.807) is 6.07 Å². The van der Waals surface area contributed by atoms with Crippen LogP contribution in [-0.4, -0.2) is 47.9 Å². The summed E-state index contributed by atoms with van der Waals surface area (Å²) in [4.78, 5) is 4.79. The third-order valence-electron chi connectivity index (χ3n) is 3.26. The Hall–Kier alpha value is -0.160. The van der Waals surface area contributed by atoms with Crippen molar-refractivity contribution in [2.45, 2.75) is 6.54 Å². The first-order valence-electron chi connectivity index (χ1n) is 6.13. The minimum atomic E-state index is -0.327. The molecule has 1 fully saturated rings. The van der Waals surface area contributed by atoms with Crippen LogP contribution in [0.3, 0.4) is 0 Å². The molecule has 0 aliphatic carbocycles. The molecule has 1 aliphatic rings. The Kier molecular flexibility index (Phi) is 5.42. The van der Waals surface area contributed by atoms with Gasteiger partial charge in [-0.15, -0.1) is 0 Å². The molecule has 18 heavy (non-hydrogen) atoms. The molecule has 2 rings (SSSR count). The van der Waals surface area contributed by atoms with Gasteiger partial charge in [-0.2, -0.15) is 0 Å². The van der Waals surface area contributed by atoms with Crippen LogP contribution in [0.4, 0.5) is 4.39 Å². The first-order chi connectivity index (χ1) is 8.69. The second-order valence-corrected chi connectivity index (χ2v) is 5.76. The van der Waals surface area contributed by atoms with Crippen molar-refractivity contribution in [1.29, 1.82) is 0 Å². The van der Waals surface area contributed by atoms with Crippen LogP contribution in [0.25, 0.3) is 0 Å². The lowest BCUT2D eigenvalue weighted by molar-refractivity contribution is 0.133. The number of hydrogen-bond acceptors (Lipinski definition) is 2. The molecule has 0 unspecified atom stereocenters. The van der Waals surface area contributed by atoms with E-state index in [0.717, 1.165) is 50.2 Å². The average molecular weight is 336 g/mol. The van der Waals surface area contributed by atoms with Crippen molar-refractivity contribution in [1.82, 2.24) is 9.80 Å². The normalized spacial score (nSPS) is 18.2. The number of rotatable bonds is 4. The quantitative estimate of drug-likeness (QED) is 0.781. The fourth-order valence-corrected chi connectivity index (χ4v) is 2.81. The molecule has 0 atom stereocenters. The Morgan fingerprint density at radius 2 is 1.83 bits per heavy atom. The molecule has 0 amide bonds. The minimum absolute atomic E-state index is 0.195. The van der Waals surface area contributed by atoms with Gasteiger partial charge in [0.05, 0.1) is 5.02 Å². The van der Waals surface area contributed by atoms with E-state index in [-0.39, 0.29) is 10.8 Å². The number of nitrogens with zero attached hydrogens (tertiary/aromatic N) is 2. The zero-order chi connectivity index (χ0) is 13.0. The molecule has 100 valence electrons. The van der Waals surface area contributed by atoms with E-state index >= 15 is 0 Å². The lowest BCUT2D eigenvalue weighted by atomic mass is 10.2. The highest BCUT2D eigenvalue weighted by Gasteiger charge is 2.16. The van der Waals surface area contributed by atoms with Crippen molar-refractivity contribution in [2.24, 2.45) is 0 Å². The Balaban J connectivity index is 1.85. The summed E-state index contributed by atoms with van der Waals surface area (Å²) >= 11 is 9.14. The fourth-order valence-electron chi connectivity index (χ4n) is 2.19. The summed E-state index contributed by atoms with van der Waals surface area (Å²) in [6.07, 6.45) is 0. The maximum atomic E-state index is 13.3. The maximum Gasteiger partial charge on any atom is 0.142 e. The lowest BCUT2D eigenvalue weighted by Crippen LogP contribution is -2.46. The number of alkyl halides is 1. The molecule has 0 N–H and O–H groups in total. The van der Waals surface area contributed by atoms with Crippen LogP contribution >= 0.6 is 27.5 Å². The topological polar surface area (TPSA) is 6.48 Å². The standard InChI is InChI=1S/C13H17BrClFN2/c14-3-4-17-5-7-18(8-6-17)10-11-1-2-12(15)13(16)9-11/h1-2,9H,3-8,10H2. The largest absolute Gasteiger partial charge is 0.300 e. The summed E-state index contributed by atoms with van der Waals surface area (Å²) < 4.78 is 13.3. The van der Waals surface area contributed by atoms with Crippen LogP contribution in [0, 0.1) is 5.82 Å². The predicted molar refractivity (Wildman–Crippen MR) is 76.9 cm³/mol. The number of benzene rings is 1. The molecule has 1 aromatic carbocycles. The van der Waals surface area contributed by atoms with Crippen molar-refractivity contribution < 1.29 is 4.39 Å². The molecule has 1 aromatic rings. The van der Waals surface area contributed by atoms with Crippen LogP contribution in [-0.2, 0) is 6.54 Å². The van der Waals surface area contributed by atoms with Crippen molar-refractivity contribution in [3.05, 3.63) is 34.6 Å². The Bertz CT molecular complexity index is 395. The molecular formula is C13H17BrClFN2. The van der Waals surface area contributed by atoms with Crippen molar-refractivity contribution in [2.75, 3.05) is 38.1 Å². The molecule has 0 spiro atoms. The van der Waals surface area contributed by atoms with Gasteiger partial charge in [-0.05, 0) is 17.7 Å². The zero-order valence-corrected chi connectivity index (χ0v) is 12.6. The average Bonchev–Trinajstić information content (AvgIpc) is 2.37. The Morgan fingerprint density at radius 1 is 1.17 bits per heavy atom. The molecule has 1 saturated heterocycles. The summed E-state index contributed by atoms with van der Waals surface area (Å²) in [7, 11) is 0. The third kappa shape index (κ3) is 3.92. The number of halogens is 3. The Labute approximate surface area is 121 Å². The van der Waals surface area contributed by atoms with E-state index < -0.39 is 0 Å². The van der Waals surface area contributed by atoms with Gasteiger partial charge in [0.25, 0.3) is 0 Å². The highest BCUT2D eigenvalue weighted by atomic mass is 79.9. The van der Waals surface area contributed by atoms with E-state index in [1.807, 2.05) is 6.07 Å². The van der Waals surface area contributed by atoms with E-state index in [0.29, 0.717) is 0 Å². The third-order valence-corrected chi connectivity index (χ3v) is 3.92. The summed E-state index contributed by atoms with van der Waals surface area (Å²) in [5.41, 5.74) is 0.992. The van der Waals surface area contributed by atoms with Crippen LogP contribution < -0.4 is 0 Å². The lowest BCUT2D eigenvalue weighted by Gasteiger charge is -2.34. The molecule has 0 radical (unpaired) electrons. The van der Waals surface area contributed by atoms with Crippen LogP contribution in [0.1, 0.15) is 5.56 Å². The SMILES string of the molecule is Fc1cc(CN2CCN(CCBr)CC2)ccc1Cl. The Morgan fingerprint density at radius 3 is 2.44 bits per heavy atom. The summed E-state index contributed by atoms with van der Waals surface area (Å²) in [6, 6.07) is 5.07. The molecular weight excluding hydrogens is 319 g/mol. The van der Waals surface area contributed by atoms with E-state index in [2.05, 4.69) is 25.7 Å². The van der Waals surface area contributed by atoms with Gasteiger partial charge in [0.15, 0.2) is 0 Å². The first kappa shape index (κ1) is 14.3. The summed E-state index contributed by atoms with van der Waals surface area (Å²) in [5.74, 6) is -0.327. The van der Waals surface area contributed by atoms with Gasteiger partial charge in [0, 0.05) is 44.6 Å². The second kappa shape index (κ2) is 6.85. The summed E-state index contributed by atoms with van der Waals surface area (Å²) in [6.45, 7) is 6.15. The smallest absolute Gasteiger partial charge is 0.142 e. The van der Waals surface area contributed by atoms with Gasteiger partial charge in [-0.1, -0.05) is 33.6 Å². The molecule has 2 nitrogen and oxygen atoms in total. The van der Waals surface area contributed by atoms with Crippen LogP contribution in [0.5, 0.6) is 0 Å². The number of hydrogen-bond donors (Lipinski definition) is 0. The fraction of sp³-hybridized carbons (Fsp3) is 0.538. The highest BCUT2D eigenvalue weighted by molar-refractivity contribution is 9.09. The maximum absolute atomic E-state index is 13.3. The number of piperazine rings is 1. The van der Waals surface area contributed by atoms with Gasteiger partial charge < -0.3 is 0 Å². The van der Waals surface area contributed by atoms with Gasteiger partial charge in [0.1, 0.15) is 5.82 Å². The minimum Gasteiger partial charge on any atom is -0.300 e.